The van der Waals surface area contributed by atoms with E-state index in [1.54, 1.807) is 0 Å². The summed E-state index contributed by atoms with van der Waals surface area (Å²) in [6.07, 6.45) is 4.93. The molecule has 218 valence electrons. The van der Waals surface area contributed by atoms with E-state index in [2.05, 4.69) is 37.3 Å². The maximum absolute atomic E-state index is 11.5. The van der Waals surface area contributed by atoms with Crippen LogP contribution in [0.1, 0.15) is 25.7 Å². The number of nitrogens with zero attached hydrogens (tertiary/aromatic N) is 2. The van der Waals surface area contributed by atoms with Gasteiger partial charge in [0.15, 0.2) is 5.75 Å². The Morgan fingerprint density at radius 1 is 0.884 bits per heavy atom. The molecule has 0 saturated heterocycles. The fraction of sp³-hybridized carbons (Fsp3) is 0.171. The highest BCUT2D eigenvalue weighted by Crippen LogP contribution is 2.42. The van der Waals surface area contributed by atoms with Crippen LogP contribution in [0.5, 0.6) is 5.75 Å². The van der Waals surface area contributed by atoms with E-state index in [1.165, 1.54) is 0 Å². The number of allylic oxidation sites excluding steroid dienone is 2. The van der Waals surface area contributed by atoms with Crippen molar-refractivity contribution in [3.05, 3.63) is 120 Å². The highest BCUT2D eigenvalue weighted by Gasteiger charge is 2.28. The largest absolute Gasteiger partial charge is 0.439 e. The quantitative estimate of drug-likeness (QED) is 0.142. The zero-order valence-electron chi connectivity index (χ0n) is 24.1. The molecule has 1 N–H and O–H groups in total. The minimum atomic E-state index is -4.08. The Bertz CT molecular complexity index is 1940. The van der Waals surface area contributed by atoms with E-state index in [0.29, 0.717) is 30.5 Å². The maximum atomic E-state index is 11.5. The SMILES string of the molecule is CCC(=Cc1oc2ccc(-c3ccccc3)cc2[n+]1C)C=C1Oc2ccc(-c3ccccc3)cc2N1CCCS(=O)(=O)O. The topological polar surface area (TPSA) is 83.9 Å². The molecule has 2 heterocycles. The lowest BCUT2D eigenvalue weighted by Crippen LogP contribution is -2.29. The normalized spacial score (nSPS) is 14.3. The van der Waals surface area contributed by atoms with Gasteiger partial charge in [-0.05, 0) is 58.9 Å². The molecule has 6 rings (SSSR count). The molecule has 0 atom stereocenters. The van der Waals surface area contributed by atoms with Gasteiger partial charge in [0.05, 0.1) is 17.5 Å². The fourth-order valence-corrected chi connectivity index (χ4v) is 5.81. The van der Waals surface area contributed by atoms with E-state index in [9.17, 15) is 13.0 Å². The molecule has 1 aliphatic rings. The van der Waals surface area contributed by atoms with Crippen LogP contribution >= 0.6 is 0 Å². The monoisotopic (exact) mass is 593 g/mol. The number of benzene rings is 4. The van der Waals surface area contributed by atoms with Crippen LogP contribution in [0.4, 0.5) is 5.69 Å². The Hall–Kier alpha value is -4.66. The number of hydrogen-bond acceptors (Lipinski definition) is 5. The van der Waals surface area contributed by atoms with E-state index in [1.807, 2.05) is 95.4 Å². The molecule has 0 fully saturated rings. The highest BCUT2D eigenvalue weighted by atomic mass is 32.2. The lowest BCUT2D eigenvalue weighted by atomic mass is 10.0. The molecule has 4 aromatic carbocycles. The van der Waals surface area contributed by atoms with Gasteiger partial charge in [0.25, 0.3) is 15.6 Å². The standard InChI is InChI=1S/C35H32N2O5S/c1-3-25(21-34-36(2)30-23-28(15-17-32(30)41-34)26-11-6-4-7-12-26)22-35-37(19-10-20-43(38,39)40)31-24-29(16-18-33(31)42-35)27-13-8-5-9-14-27/h4-9,11-18,21-24H,3,10,19-20H2,1-2H3/p+1. The summed E-state index contributed by atoms with van der Waals surface area (Å²) in [6, 6.07) is 32.5. The lowest BCUT2D eigenvalue weighted by Gasteiger charge is -2.19. The second-order valence-electron chi connectivity index (χ2n) is 10.5. The summed E-state index contributed by atoms with van der Waals surface area (Å²) in [5, 5.41) is 0. The van der Waals surface area contributed by atoms with Crippen molar-refractivity contribution in [1.29, 1.82) is 0 Å². The Kier molecular flexibility index (Phi) is 7.88. The number of hydrogen-bond donors (Lipinski definition) is 1. The summed E-state index contributed by atoms with van der Waals surface area (Å²) >= 11 is 0. The van der Waals surface area contributed by atoms with Crippen molar-refractivity contribution in [2.45, 2.75) is 19.8 Å². The molecule has 0 bridgehead atoms. The zero-order valence-corrected chi connectivity index (χ0v) is 24.9. The molecule has 7 nitrogen and oxygen atoms in total. The van der Waals surface area contributed by atoms with E-state index in [4.69, 9.17) is 9.15 Å². The first-order chi connectivity index (χ1) is 20.8. The summed E-state index contributed by atoms with van der Waals surface area (Å²) in [7, 11) is -2.09. The van der Waals surface area contributed by atoms with Gasteiger partial charge < -0.3 is 14.1 Å². The van der Waals surface area contributed by atoms with Gasteiger partial charge in [-0.1, -0.05) is 79.7 Å². The van der Waals surface area contributed by atoms with Gasteiger partial charge >= 0.3 is 5.89 Å². The smallest absolute Gasteiger partial charge is 0.374 e. The van der Waals surface area contributed by atoms with Crippen molar-refractivity contribution in [2.24, 2.45) is 7.05 Å². The Morgan fingerprint density at radius 2 is 1.53 bits per heavy atom. The van der Waals surface area contributed by atoms with Crippen LogP contribution in [-0.2, 0) is 17.2 Å². The van der Waals surface area contributed by atoms with Gasteiger partial charge in [-0.3, -0.25) is 4.55 Å². The predicted octanol–water partition coefficient (Wildman–Crippen LogP) is 7.40. The van der Waals surface area contributed by atoms with Crippen molar-refractivity contribution in [3.63, 3.8) is 0 Å². The molecule has 0 spiro atoms. The van der Waals surface area contributed by atoms with Crippen LogP contribution in [0, 0.1) is 0 Å². The average Bonchev–Trinajstić information content (AvgIpc) is 3.52. The van der Waals surface area contributed by atoms with E-state index >= 15 is 0 Å². The van der Waals surface area contributed by atoms with Crippen molar-refractivity contribution in [3.8, 4) is 28.0 Å². The minimum Gasteiger partial charge on any atom is -0.439 e. The predicted molar refractivity (Wildman–Crippen MR) is 170 cm³/mol. The van der Waals surface area contributed by atoms with E-state index in [-0.39, 0.29) is 12.2 Å². The van der Waals surface area contributed by atoms with Crippen LogP contribution in [0.15, 0.2) is 119 Å². The number of aryl methyl sites for hydroxylation is 1. The second-order valence-corrected chi connectivity index (χ2v) is 12.1. The summed E-state index contributed by atoms with van der Waals surface area (Å²) in [5.74, 6) is 1.65. The number of ether oxygens (including phenoxy) is 1. The van der Waals surface area contributed by atoms with E-state index in [0.717, 1.165) is 44.6 Å². The molecule has 0 saturated carbocycles. The first-order valence-electron chi connectivity index (χ1n) is 14.3. The van der Waals surface area contributed by atoms with Crippen LogP contribution in [0.2, 0.25) is 0 Å². The van der Waals surface area contributed by atoms with Crippen molar-refractivity contribution < 1.29 is 26.7 Å². The van der Waals surface area contributed by atoms with Gasteiger partial charge in [0, 0.05) is 18.7 Å². The van der Waals surface area contributed by atoms with Crippen molar-refractivity contribution >= 4 is 33.0 Å². The molecule has 1 aliphatic heterocycles. The highest BCUT2D eigenvalue weighted by molar-refractivity contribution is 7.85. The van der Waals surface area contributed by atoms with Crippen LogP contribution < -0.4 is 14.2 Å². The molecular weight excluding hydrogens is 560 g/mol. The maximum Gasteiger partial charge on any atom is 0.374 e. The van der Waals surface area contributed by atoms with Gasteiger partial charge in [-0.2, -0.15) is 13.0 Å². The van der Waals surface area contributed by atoms with Crippen molar-refractivity contribution in [1.82, 2.24) is 0 Å². The molecule has 0 radical (unpaired) electrons. The van der Waals surface area contributed by atoms with E-state index < -0.39 is 10.1 Å². The summed E-state index contributed by atoms with van der Waals surface area (Å²) in [5.41, 5.74) is 7.96. The molecule has 1 aromatic heterocycles. The van der Waals surface area contributed by atoms with Crippen LogP contribution in [-0.4, -0.2) is 25.3 Å². The minimum absolute atomic E-state index is 0.238. The third kappa shape index (κ3) is 6.26. The van der Waals surface area contributed by atoms with Gasteiger partial charge in [0.1, 0.15) is 7.05 Å². The van der Waals surface area contributed by atoms with Gasteiger partial charge in [-0.15, -0.1) is 0 Å². The number of rotatable bonds is 9. The number of oxazole rings is 1. The fourth-order valence-electron chi connectivity index (χ4n) is 5.32. The zero-order chi connectivity index (χ0) is 30.0. The second kappa shape index (κ2) is 11.9. The number of anilines is 1. The first-order valence-corrected chi connectivity index (χ1v) is 15.9. The number of fused-ring (bicyclic) bond motifs is 2. The Morgan fingerprint density at radius 3 is 2.19 bits per heavy atom. The van der Waals surface area contributed by atoms with Gasteiger partial charge in [0.2, 0.25) is 11.5 Å². The molecule has 5 aromatic rings. The van der Waals surface area contributed by atoms with Crippen LogP contribution in [0.25, 0.3) is 39.4 Å². The lowest BCUT2D eigenvalue weighted by molar-refractivity contribution is -0.652. The third-order valence-electron chi connectivity index (χ3n) is 7.62. The Labute approximate surface area is 251 Å². The Balaban J connectivity index is 1.35. The molecule has 8 heteroatoms. The summed E-state index contributed by atoms with van der Waals surface area (Å²) in [6.45, 7) is 2.42. The average molecular weight is 594 g/mol. The van der Waals surface area contributed by atoms with Crippen LogP contribution in [0.3, 0.4) is 0 Å². The molecule has 43 heavy (non-hydrogen) atoms. The summed E-state index contributed by atoms with van der Waals surface area (Å²) in [4.78, 5) is 1.97. The third-order valence-corrected chi connectivity index (χ3v) is 8.42. The molecule has 0 amide bonds. The molecule has 0 unspecified atom stereocenters. The first kappa shape index (κ1) is 28.5. The molecular formula is C35H33N2O5S+. The number of aromatic nitrogens is 1. The van der Waals surface area contributed by atoms with Crippen molar-refractivity contribution in [2.75, 3.05) is 17.2 Å². The van der Waals surface area contributed by atoms with Gasteiger partial charge in [-0.25, -0.2) is 0 Å². The summed E-state index contributed by atoms with van der Waals surface area (Å²) < 4.78 is 46.9. The molecule has 0 aliphatic carbocycles.